The maximum absolute atomic E-state index is 5.76. The lowest BCUT2D eigenvalue weighted by Crippen LogP contribution is -1.96. The lowest BCUT2D eigenvalue weighted by Gasteiger charge is -2.09. The average molecular weight is 419 g/mol. The Labute approximate surface area is 129 Å². The fourth-order valence-corrected chi connectivity index (χ4v) is 2.30. The molecule has 0 amide bonds. The lowest BCUT2D eigenvalue weighted by molar-refractivity contribution is 0.303. The van der Waals surface area contributed by atoms with E-state index in [-0.39, 0.29) is 0 Å². The first-order chi connectivity index (χ1) is 8.69. The van der Waals surface area contributed by atoms with Gasteiger partial charge >= 0.3 is 0 Å². The number of halogens is 2. The monoisotopic (exact) mass is 418 g/mol. The molecule has 2 nitrogen and oxygen atoms in total. The third kappa shape index (κ3) is 3.62. The van der Waals surface area contributed by atoms with Crippen molar-refractivity contribution in [3.05, 3.63) is 56.1 Å². The highest BCUT2D eigenvalue weighted by molar-refractivity contribution is 14.1. The third-order valence-corrected chi connectivity index (χ3v) is 3.79. The molecule has 0 fully saturated rings. The Morgan fingerprint density at radius 2 is 1.83 bits per heavy atom. The quantitative estimate of drug-likeness (QED) is 0.673. The zero-order chi connectivity index (χ0) is 13.0. The van der Waals surface area contributed by atoms with E-state index in [1.54, 1.807) is 7.11 Å². The van der Waals surface area contributed by atoms with Crippen LogP contribution >= 0.6 is 38.5 Å². The summed E-state index contributed by atoms with van der Waals surface area (Å²) in [6, 6.07) is 14.0. The van der Waals surface area contributed by atoms with Crippen molar-refractivity contribution in [1.29, 1.82) is 0 Å². The van der Waals surface area contributed by atoms with E-state index in [0.29, 0.717) is 6.61 Å². The minimum Gasteiger partial charge on any atom is -0.497 e. The first-order valence-corrected chi connectivity index (χ1v) is 7.27. The summed E-state index contributed by atoms with van der Waals surface area (Å²) in [5, 5.41) is 0. The molecule has 2 rings (SSSR count). The molecule has 0 N–H and O–H groups in total. The van der Waals surface area contributed by atoms with Crippen molar-refractivity contribution in [3.8, 4) is 11.5 Å². The highest BCUT2D eigenvalue weighted by Gasteiger charge is 2.03. The summed E-state index contributed by atoms with van der Waals surface area (Å²) in [4.78, 5) is 0. The maximum atomic E-state index is 5.76. The van der Waals surface area contributed by atoms with Gasteiger partial charge in [-0.05, 0) is 74.4 Å². The average Bonchev–Trinajstić information content (AvgIpc) is 2.39. The molecule has 0 heterocycles. The summed E-state index contributed by atoms with van der Waals surface area (Å²) in [6.07, 6.45) is 0. The second-order valence-electron chi connectivity index (χ2n) is 3.71. The van der Waals surface area contributed by atoms with Crippen LogP contribution in [0.4, 0.5) is 0 Å². The Morgan fingerprint density at radius 1 is 1.11 bits per heavy atom. The lowest BCUT2D eigenvalue weighted by atomic mass is 10.2. The molecule has 0 aliphatic heterocycles. The number of benzene rings is 2. The number of ether oxygens (including phenoxy) is 2. The van der Waals surface area contributed by atoms with Crippen molar-refractivity contribution >= 4 is 38.5 Å². The summed E-state index contributed by atoms with van der Waals surface area (Å²) >= 11 is 5.75. The van der Waals surface area contributed by atoms with Crippen molar-refractivity contribution in [3.63, 3.8) is 0 Å². The highest BCUT2D eigenvalue weighted by Crippen LogP contribution is 2.29. The van der Waals surface area contributed by atoms with Crippen LogP contribution in [0.1, 0.15) is 5.56 Å². The van der Waals surface area contributed by atoms with Gasteiger partial charge in [0.1, 0.15) is 18.1 Å². The molecule has 0 spiro atoms. The van der Waals surface area contributed by atoms with E-state index >= 15 is 0 Å². The van der Waals surface area contributed by atoms with Crippen LogP contribution in [0.15, 0.2) is 46.9 Å². The van der Waals surface area contributed by atoms with E-state index in [0.717, 1.165) is 21.5 Å². The number of methoxy groups -OCH3 is 1. The Kier molecular flexibility index (Phi) is 4.88. The molecule has 0 atom stereocenters. The van der Waals surface area contributed by atoms with Gasteiger partial charge in [0, 0.05) is 3.57 Å². The molecular formula is C14H12BrIO2. The molecule has 0 unspecified atom stereocenters. The van der Waals surface area contributed by atoms with Gasteiger partial charge in [-0.2, -0.15) is 0 Å². The molecule has 2 aromatic rings. The minimum atomic E-state index is 0.557. The molecule has 0 aliphatic rings. The predicted molar refractivity (Wildman–Crippen MR) is 84.2 cm³/mol. The fraction of sp³-hybridized carbons (Fsp3) is 0.143. The second kappa shape index (κ2) is 6.43. The normalized spacial score (nSPS) is 10.2. The Bertz CT molecular complexity index is 526. The zero-order valence-electron chi connectivity index (χ0n) is 9.82. The van der Waals surface area contributed by atoms with Crippen LogP contribution in [-0.4, -0.2) is 7.11 Å². The van der Waals surface area contributed by atoms with Crippen LogP contribution in [0, 0.1) is 3.57 Å². The molecule has 0 radical (unpaired) electrons. The standard InChI is InChI=1S/C14H12BrIO2/c1-17-12-6-7-14(13(15)8-12)18-9-10-2-4-11(16)5-3-10/h2-8H,9H2,1H3. The van der Waals surface area contributed by atoms with Crippen LogP contribution in [0.5, 0.6) is 11.5 Å². The van der Waals surface area contributed by atoms with Gasteiger partial charge in [-0.15, -0.1) is 0 Å². The highest BCUT2D eigenvalue weighted by atomic mass is 127. The second-order valence-corrected chi connectivity index (χ2v) is 5.81. The van der Waals surface area contributed by atoms with Crippen LogP contribution in [-0.2, 0) is 6.61 Å². The smallest absolute Gasteiger partial charge is 0.134 e. The van der Waals surface area contributed by atoms with Gasteiger partial charge in [0.2, 0.25) is 0 Å². The summed E-state index contributed by atoms with van der Waals surface area (Å²) in [6.45, 7) is 0.557. The topological polar surface area (TPSA) is 18.5 Å². The molecule has 0 aliphatic carbocycles. The van der Waals surface area contributed by atoms with E-state index in [9.17, 15) is 0 Å². The molecule has 94 valence electrons. The summed E-state index contributed by atoms with van der Waals surface area (Å²) in [5.41, 5.74) is 1.15. The van der Waals surface area contributed by atoms with Crippen LogP contribution in [0.25, 0.3) is 0 Å². The van der Waals surface area contributed by atoms with Crippen molar-refractivity contribution in [2.24, 2.45) is 0 Å². The van der Waals surface area contributed by atoms with E-state index < -0.39 is 0 Å². The van der Waals surface area contributed by atoms with Crippen LogP contribution in [0.3, 0.4) is 0 Å². The number of hydrogen-bond acceptors (Lipinski definition) is 2. The van der Waals surface area contributed by atoms with E-state index in [4.69, 9.17) is 9.47 Å². The third-order valence-electron chi connectivity index (χ3n) is 2.45. The van der Waals surface area contributed by atoms with Crippen molar-refractivity contribution < 1.29 is 9.47 Å². The Balaban J connectivity index is 2.04. The minimum absolute atomic E-state index is 0.557. The molecule has 0 bridgehead atoms. The largest absolute Gasteiger partial charge is 0.497 e. The van der Waals surface area contributed by atoms with E-state index in [1.807, 2.05) is 18.2 Å². The zero-order valence-corrected chi connectivity index (χ0v) is 13.6. The van der Waals surface area contributed by atoms with Gasteiger partial charge in [0.05, 0.1) is 11.6 Å². The summed E-state index contributed by atoms with van der Waals surface area (Å²) in [7, 11) is 1.65. The Morgan fingerprint density at radius 3 is 2.44 bits per heavy atom. The molecular weight excluding hydrogens is 407 g/mol. The number of rotatable bonds is 4. The van der Waals surface area contributed by atoms with Crippen molar-refractivity contribution in [1.82, 2.24) is 0 Å². The van der Waals surface area contributed by atoms with Gasteiger partial charge in [-0.1, -0.05) is 12.1 Å². The van der Waals surface area contributed by atoms with Gasteiger partial charge in [-0.3, -0.25) is 0 Å². The molecule has 2 aromatic carbocycles. The maximum Gasteiger partial charge on any atom is 0.134 e. The van der Waals surface area contributed by atoms with Gasteiger partial charge in [0.15, 0.2) is 0 Å². The number of hydrogen-bond donors (Lipinski definition) is 0. The van der Waals surface area contributed by atoms with Crippen LogP contribution in [0.2, 0.25) is 0 Å². The first-order valence-electron chi connectivity index (χ1n) is 5.40. The first kappa shape index (κ1) is 13.7. The molecule has 0 aromatic heterocycles. The van der Waals surface area contributed by atoms with Gasteiger partial charge in [0.25, 0.3) is 0 Å². The fourth-order valence-electron chi connectivity index (χ4n) is 1.47. The molecule has 0 saturated heterocycles. The Hall–Kier alpha value is -0.750. The van der Waals surface area contributed by atoms with Crippen molar-refractivity contribution in [2.45, 2.75) is 6.61 Å². The molecule has 0 saturated carbocycles. The predicted octanol–water partition coefficient (Wildman–Crippen LogP) is 4.64. The summed E-state index contributed by atoms with van der Waals surface area (Å²) in [5.74, 6) is 1.62. The summed E-state index contributed by atoms with van der Waals surface area (Å²) < 4.78 is 13.0. The van der Waals surface area contributed by atoms with E-state index in [2.05, 4.69) is 62.8 Å². The molecule has 18 heavy (non-hydrogen) atoms. The molecule has 4 heteroatoms. The van der Waals surface area contributed by atoms with Crippen LogP contribution < -0.4 is 9.47 Å². The SMILES string of the molecule is COc1ccc(OCc2ccc(I)cc2)c(Br)c1. The van der Waals surface area contributed by atoms with E-state index in [1.165, 1.54) is 3.57 Å². The van der Waals surface area contributed by atoms with Gasteiger partial charge < -0.3 is 9.47 Å². The van der Waals surface area contributed by atoms with Gasteiger partial charge in [-0.25, -0.2) is 0 Å². The van der Waals surface area contributed by atoms with Crippen molar-refractivity contribution in [2.75, 3.05) is 7.11 Å².